The lowest BCUT2D eigenvalue weighted by molar-refractivity contribution is 0.102. The second-order valence-electron chi connectivity index (χ2n) is 6.90. The molecule has 1 aromatic carbocycles. The van der Waals surface area contributed by atoms with E-state index in [1.165, 1.54) is 19.0 Å². The molecule has 2 aromatic heterocycles. The van der Waals surface area contributed by atoms with Crippen LogP contribution in [0.2, 0.25) is 0 Å². The predicted octanol–water partition coefficient (Wildman–Crippen LogP) is 4.12. The maximum absolute atomic E-state index is 12.7. The first-order valence-electron chi connectivity index (χ1n) is 8.91. The number of hydrogen-bond donors (Lipinski definition) is 2. The summed E-state index contributed by atoms with van der Waals surface area (Å²) >= 11 is 0. The van der Waals surface area contributed by atoms with Crippen LogP contribution in [0, 0.1) is 31.1 Å². The van der Waals surface area contributed by atoms with Crippen molar-refractivity contribution in [2.75, 3.05) is 5.32 Å². The normalized spacial score (nSPS) is 13.8. The number of anilines is 1. The molecule has 0 radical (unpaired) electrons. The molecule has 134 valence electrons. The highest BCUT2D eigenvalue weighted by atomic mass is 16.1. The lowest BCUT2D eigenvalue weighted by Crippen LogP contribution is -2.16. The van der Waals surface area contributed by atoms with E-state index < -0.39 is 0 Å². The van der Waals surface area contributed by atoms with Crippen molar-refractivity contribution < 1.29 is 4.79 Å². The zero-order valence-electron chi connectivity index (χ0n) is 15.2. The van der Waals surface area contributed by atoms with Gasteiger partial charge in [0, 0.05) is 17.3 Å². The number of nitrogens with one attached hydrogen (secondary N) is 2. The van der Waals surface area contributed by atoms with Crippen molar-refractivity contribution >= 4 is 28.6 Å². The first-order valence-corrected chi connectivity index (χ1v) is 8.91. The van der Waals surface area contributed by atoms with E-state index in [-0.39, 0.29) is 5.91 Å². The zero-order chi connectivity index (χ0) is 19.0. The Morgan fingerprint density at radius 2 is 2.15 bits per heavy atom. The van der Waals surface area contributed by atoms with E-state index >= 15 is 0 Å². The number of pyridine rings is 1. The molecule has 0 unspecified atom stereocenters. The summed E-state index contributed by atoms with van der Waals surface area (Å²) in [5.74, 6) is 0.387. The number of allylic oxidation sites excluding steroid dienone is 1. The maximum atomic E-state index is 12.7. The van der Waals surface area contributed by atoms with Crippen molar-refractivity contribution in [3.8, 4) is 6.07 Å². The molecule has 1 fully saturated rings. The number of rotatable bonds is 4. The molecule has 6 heteroatoms. The highest BCUT2D eigenvalue weighted by Crippen LogP contribution is 2.31. The van der Waals surface area contributed by atoms with E-state index in [0.717, 1.165) is 22.2 Å². The van der Waals surface area contributed by atoms with Crippen molar-refractivity contribution in [2.24, 2.45) is 5.92 Å². The first-order chi connectivity index (χ1) is 13.1. The average Bonchev–Trinajstić information content (AvgIpc) is 3.41. The van der Waals surface area contributed by atoms with Crippen LogP contribution in [0.25, 0.3) is 17.0 Å². The van der Waals surface area contributed by atoms with E-state index in [0.29, 0.717) is 28.4 Å². The summed E-state index contributed by atoms with van der Waals surface area (Å²) in [5.41, 5.74) is 4.77. The number of carbonyl (C=O) groups excluding carboxylic acids is 1. The van der Waals surface area contributed by atoms with Gasteiger partial charge in [-0.15, -0.1) is 0 Å². The van der Waals surface area contributed by atoms with E-state index in [1.807, 2.05) is 25.1 Å². The second-order valence-corrected chi connectivity index (χ2v) is 6.90. The van der Waals surface area contributed by atoms with Crippen LogP contribution in [-0.2, 0) is 0 Å². The van der Waals surface area contributed by atoms with Crippen LogP contribution in [0.3, 0.4) is 0 Å². The van der Waals surface area contributed by atoms with E-state index in [1.54, 1.807) is 6.92 Å². The molecule has 0 spiro atoms. The number of benzene rings is 1. The zero-order valence-corrected chi connectivity index (χ0v) is 15.2. The number of nitriles is 1. The van der Waals surface area contributed by atoms with Crippen molar-refractivity contribution in [2.45, 2.75) is 26.7 Å². The molecule has 1 amide bonds. The van der Waals surface area contributed by atoms with Crippen molar-refractivity contribution in [1.29, 1.82) is 5.26 Å². The van der Waals surface area contributed by atoms with Crippen LogP contribution >= 0.6 is 0 Å². The number of H-pyrrole nitrogens is 1. The summed E-state index contributed by atoms with van der Waals surface area (Å²) in [6.07, 6.45) is 8.21. The number of nitrogens with zero attached hydrogens (tertiary/aromatic N) is 3. The van der Waals surface area contributed by atoms with Crippen molar-refractivity contribution in [3.05, 3.63) is 58.6 Å². The van der Waals surface area contributed by atoms with Gasteiger partial charge in [0.05, 0.1) is 16.8 Å². The summed E-state index contributed by atoms with van der Waals surface area (Å²) in [4.78, 5) is 16.8. The van der Waals surface area contributed by atoms with Crippen LogP contribution in [0.5, 0.6) is 0 Å². The van der Waals surface area contributed by atoms with Gasteiger partial charge >= 0.3 is 0 Å². The molecule has 4 rings (SSSR count). The van der Waals surface area contributed by atoms with Crippen molar-refractivity contribution in [3.63, 3.8) is 0 Å². The molecular formula is C21H19N5O. The molecule has 1 aliphatic rings. The molecule has 27 heavy (non-hydrogen) atoms. The van der Waals surface area contributed by atoms with Crippen LogP contribution < -0.4 is 5.32 Å². The summed E-state index contributed by atoms with van der Waals surface area (Å²) in [5, 5.41) is 20.3. The Labute approximate surface area is 156 Å². The van der Waals surface area contributed by atoms with Gasteiger partial charge in [-0.05, 0) is 68.0 Å². The molecule has 0 aliphatic heterocycles. The molecule has 1 saturated carbocycles. The SMILES string of the molecule is Cc1c(C#N)cnc(C(=O)Nc2ccc3n[nH]c(/C=C/C4CC4)c3c2)c1C. The third kappa shape index (κ3) is 3.32. The van der Waals surface area contributed by atoms with Crippen LogP contribution in [0.4, 0.5) is 5.69 Å². The molecule has 0 bridgehead atoms. The fraction of sp³-hybridized carbons (Fsp3) is 0.238. The third-order valence-electron chi connectivity index (χ3n) is 4.98. The molecule has 6 nitrogen and oxygen atoms in total. The van der Waals surface area contributed by atoms with Crippen molar-refractivity contribution in [1.82, 2.24) is 15.2 Å². The molecule has 2 N–H and O–H groups in total. The Kier molecular flexibility index (Phi) is 4.21. The van der Waals surface area contributed by atoms with Gasteiger partial charge in [-0.3, -0.25) is 9.89 Å². The standard InChI is InChI=1S/C21H19N5O/c1-12-13(2)20(23-11-15(12)10-22)21(27)24-16-6-8-19-17(9-16)18(25-26-19)7-5-14-3-4-14/h5-9,11,14H,3-4H2,1-2H3,(H,24,27)(H,25,26)/b7-5+. The largest absolute Gasteiger partial charge is 0.321 e. The van der Waals surface area contributed by atoms with Crippen LogP contribution in [-0.4, -0.2) is 21.1 Å². The van der Waals surface area contributed by atoms with Gasteiger partial charge in [-0.2, -0.15) is 10.4 Å². The summed E-state index contributed by atoms with van der Waals surface area (Å²) < 4.78 is 0. The lowest BCUT2D eigenvalue weighted by Gasteiger charge is -2.10. The Balaban J connectivity index is 1.61. The predicted molar refractivity (Wildman–Crippen MR) is 104 cm³/mol. The van der Waals surface area contributed by atoms with Gasteiger partial charge in [0.25, 0.3) is 5.91 Å². The number of amides is 1. The van der Waals surface area contributed by atoms with E-state index in [2.05, 4.69) is 38.7 Å². The van der Waals surface area contributed by atoms with E-state index in [4.69, 9.17) is 5.26 Å². The number of hydrogen-bond acceptors (Lipinski definition) is 4. The molecule has 0 atom stereocenters. The summed E-state index contributed by atoms with van der Waals surface area (Å²) in [6, 6.07) is 7.70. The highest BCUT2D eigenvalue weighted by molar-refractivity contribution is 6.05. The maximum Gasteiger partial charge on any atom is 0.274 e. The Bertz CT molecular complexity index is 1120. The minimum absolute atomic E-state index is 0.294. The fourth-order valence-corrected chi connectivity index (χ4v) is 2.99. The minimum atomic E-state index is -0.294. The van der Waals surface area contributed by atoms with E-state index in [9.17, 15) is 4.79 Å². The number of aromatic amines is 1. The fourth-order valence-electron chi connectivity index (χ4n) is 2.99. The Hall–Kier alpha value is -3.46. The molecule has 0 saturated heterocycles. The topological polar surface area (TPSA) is 94.5 Å². The number of fused-ring (bicyclic) bond motifs is 1. The van der Waals surface area contributed by atoms with Gasteiger partial charge < -0.3 is 5.32 Å². The average molecular weight is 357 g/mol. The van der Waals surface area contributed by atoms with Gasteiger partial charge in [0.2, 0.25) is 0 Å². The highest BCUT2D eigenvalue weighted by Gasteiger charge is 2.18. The Morgan fingerprint density at radius 1 is 1.33 bits per heavy atom. The van der Waals surface area contributed by atoms with Gasteiger partial charge in [0.15, 0.2) is 0 Å². The Morgan fingerprint density at radius 3 is 2.89 bits per heavy atom. The van der Waals surface area contributed by atoms with Gasteiger partial charge in [-0.25, -0.2) is 4.98 Å². The smallest absolute Gasteiger partial charge is 0.274 e. The molecule has 2 heterocycles. The number of carbonyl (C=O) groups is 1. The van der Waals surface area contributed by atoms with Gasteiger partial charge in [0.1, 0.15) is 11.8 Å². The minimum Gasteiger partial charge on any atom is -0.321 e. The monoisotopic (exact) mass is 357 g/mol. The molecule has 1 aliphatic carbocycles. The molecular weight excluding hydrogens is 338 g/mol. The van der Waals surface area contributed by atoms with Crippen LogP contribution in [0.15, 0.2) is 30.5 Å². The summed E-state index contributed by atoms with van der Waals surface area (Å²) in [7, 11) is 0. The summed E-state index contributed by atoms with van der Waals surface area (Å²) in [6.45, 7) is 3.63. The molecule has 3 aromatic rings. The quantitative estimate of drug-likeness (QED) is 0.734. The number of aromatic nitrogens is 3. The lowest BCUT2D eigenvalue weighted by atomic mass is 10.0. The van der Waals surface area contributed by atoms with Crippen LogP contribution in [0.1, 0.15) is 45.7 Å². The third-order valence-corrected chi connectivity index (χ3v) is 4.98. The second kappa shape index (κ2) is 6.69. The van der Waals surface area contributed by atoms with Gasteiger partial charge in [-0.1, -0.05) is 6.08 Å². The first kappa shape index (κ1) is 17.0.